The van der Waals surface area contributed by atoms with Gasteiger partial charge in [0, 0.05) is 45.3 Å². The summed E-state index contributed by atoms with van der Waals surface area (Å²) < 4.78 is 25.9. The van der Waals surface area contributed by atoms with Gasteiger partial charge in [-0.05, 0) is 48.9 Å². The van der Waals surface area contributed by atoms with Crippen molar-refractivity contribution in [1.82, 2.24) is 4.31 Å². The Labute approximate surface area is 161 Å². The standard InChI is InChI=1S/C19H26N4O3S/c1-14-6-7-16(12-18(14)27(25,26)23(4)5)20-13-19(24)21-15-8-10-17(11-9-15)22(2)3/h6-12,20H,13H2,1-5H3,(H,21,24). The molecule has 2 aromatic rings. The minimum absolute atomic E-state index is 0.0277. The number of nitrogens with zero attached hydrogens (tertiary/aromatic N) is 2. The number of amides is 1. The molecule has 8 heteroatoms. The molecule has 2 rings (SSSR count). The van der Waals surface area contributed by atoms with Crippen molar-refractivity contribution in [2.24, 2.45) is 0 Å². The average molecular weight is 391 g/mol. The predicted octanol–water partition coefficient (Wildman–Crippen LogP) is 2.36. The van der Waals surface area contributed by atoms with Crippen molar-refractivity contribution in [1.29, 1.82) is 0 Å². The van der Waals surface area contributed by atoms with Crippen LogP contribution in [0.2, 0.25) is 0 Å². The molecule has 0 heterocycles. The van der Waals surface area contributed by atoms with E-state index in [4.69, 9.17) is 0 Å². The monoisotopic (exact) mass is 390 g/mol. The lowest BCUT2D eigenvalue weighted by Gasteiger charge is -2.15. The van der Waals surface area contributed by atoms with Crippen LogP contribution in [0.1, 0.15) is 5.56 Å². The summed E-state index contributed by atoms with van der Waals surface area (Å²) >= 11 is 0. The van der Waals surface area contributed by atoms with Crippen LogP contribution in [0.5, 0.6) is 0 Å². The maximum absolute atomic E-state index is 12.4. The highest BCUT2D eigenvalue weighted by Crippen LogP contribution is 2.22. The Morgan fingerprint density at radius 2 is 1.56 bits per heavy atom. The molecule has 0 aromatic heterocycles. The molecular weight excluding hydrogens is 364 g/mol. The van der Waals surface area contributed by atoms with Gasteiger partial charge in [0.25, 0.3) is 0 Å². The van der Waals surface area contributed by atoms with Crippen LogP contribution in [0.15, 0.2) is 47.4 Å². The summed E-state index contributed by atoms with van der Waals surface area (Å²) in [5.41, 5.74) is 2.96. The molecule has 0 spiro atoms. The number of benzene rings is 2. The zero-order valence-corrected chi connectivity index (χ0v) is 17.1. The highest BCUT2D eigenvalue weighted by Gasteiger charge is 2.20. The molecule has 0 fully saturated rings. The summed E-state index contributed by atoms with van der Waals surface area (Å²) in [5.74, 6) is -0.217. The van der Waals surface area contributed by atoms with E-state index in [9.17, 15) is 13.2 Å². The predicted molar refractivity (Wildman–Crippen MR) is 110 cm³/mol. The van der Waals surface area contributed by atoms with Crippen molar-refractivity contribution >= 4 is 33.0 Å². The summed E-state index contributed by atoms with van der Waals surface area (Å²) in [6, 6.07) is 12.5. The van der Waals surface area contributed by atoms with Gasteiger partial charge >= 0.3 is 0 Å². The summed E-state index contributed by atoms with van der Waals surface area (Å²) in [6.07, 6.45) is 0. The van der Waals surface area contributed by atoms with Gasteiger partial charge in [-0.15, -0.1) is 0 Å². The number of carbonyl (C=O) groups excluding carboxylic acids is 1. The number of sulfonamides is 1. The van der Waals surface area contributed by atoms with Gasteiger partial charge in [-0.2, -0.15) is 0 Å². The largest absolute Gasteiger partial charge is 0.378 e. The van der Waals surface area contributed by atoms with Gasteiger partial charge in [-0.25, -0.2) is 12.7 Å². The van der Waals surface area contributed by atoms with E-state index in [0.29, 0.717) is 16.9 Å². The van der Waals surface area contributed by atoms with Gasteiger partial charge in [0.15, 0.2) is 0 Å². The molecule has 2 aromatic carbocycles. The van der Waals surface area contributed by atoms with E-state index in [2.05, 4.69) is 10.6 Å². The van der Waals surface area contributed by atoms with E-state index < -0.39 is 10.0 Å². The van der Waals surface area contributed by atoms with Crippen molar-refractivity contribution in [3.8, 4) is 0 Å². The SMILES string of the molecule is Cc1ccc(NCC(=O)Nc2ccc(N(C)C)cc2)cc1S(=O)(=O)N(C)C. The molecule has 1 amide bonds. The normalized spacial score (nSPS) is 11.3. The fourth-order valence-electron chi connectivity index (χ4n) is 2.42. The van der Waals surface area contributed by atoms with E-state index in [1.54, 1.807) is 25.1 Å². The fourth-order valence-corrected chi connectivity index (χ4v) is 3.56. The first-order chi connectivity index (χ1) is 12.6. The van der Waals surface area contributed by atoms with E-state index in [1.807, 2.05) is 43.3 Å². The summed E-state index contributed by atoms with van der Waals surface area (Å²) in [4.78, 5) is 14.3. The lowest BCUT2D eigenvalue weighted by Crippen LogP contribution is -2.24. The third-order valence-corrected chi connectivity index (χ3v) is 6.02. The minimum atomic E-state index is -3.54. The Morgan fingerprint density at radius 3 is 2.11 bits per heavy atom. The molecule has 0 aliphatic heterocycles. The zero-order valence-electron chi connectivity index (χ0n) is 16.3. The Kier molecular flexibility index (Phi) is 6.45. The van der Waals surface area contributed by atoms with Crippen molar-refractivity contribution in [2.75, 3.05) is 50.3 Å². The number of aryl methyl sites for hydroxylation is 1. The number of anilines is 3. The topological polar surface area (TPSA) is 81.8 Å². The van der Waals surface area contributed by atoms with E-state index in [0.717, 1.165) is 5.69 Å². The Morgan fingerprint density at radius 1 is 0.963 bits per heavy atom. The maximum Gasteiger partial charge on any atom is 0.243 e. The van der Waals surface area contributed by atoms with Crippen LogP contribution in [0, 0.1) is 6.92 Å². The van der Waals surface area contributed by atoms with Crippen LogP contribution in [0.3, 0.4) is 0 Å². The molecular formula is C19H26N4O3S. The molecule has 146 valence electrons. The van der Waals surface area contributed by atoms with Crippen LogP contribution in [0.4, 0.5) is 17.1 Å². The molecule has 0 aliphatic rings. The fraction of sp³-hybridized carbons (Fsp3) is 0.316. The lowest BCUT2D eigenvalue weighted by molar-refractivity contribution is -0.114. The summed E-state index contributed by atoms with van der Waals surface area (Å²) in [6.45, 7) is 1.77. The van der Waals surface area contributed by atoms with Gasteiger partial charge in [-0.1, -0.05) is 6.07 Å². The molecule has 0 bridgehead atoms. The molecule has 0 aliphatic carbocycles. The highest BCUT2D eigenvalue weighted by atomic mass is 32.2. The smallest absolute Gasteiger partial charge is 0.243 e. The molecule has 27 heavy (non-hydrogen) atoms. The second-order valence-electron chi connectivity index (χ2n) is 6.61. The van der Waals surface area contributed by atoms with Crippen LogP contribution >= 0.6 is 0 Å². The first-order valence-corrected chi connectivity index (χ1v) is 9.89. The van der Waals surface area contributed by atoms with Crippen LogP contribution in [-0.2, 0) is 14.8 Å². The number of hydrogen-bond donors (Lipinski definition) is 2. The van der Waals surface area contributed by atoms with E-state index in [1.165, 1.54) is 18.4 Å². The first kappa shape index (κ1) is 20.7. The summed E-state index contributed by atoms with van der Waals surface area (Å²) in [7, 11) is 3.34. The molecule has 0 saturated carbocycles. The Hall–Kier alpha value is -2.58. The van der Waals surface area contributed by atoms with Crippen LogP contribution in [-0.4, -0.2) is 53.4 Å². The number of rotatable bonds is 7. The number of hydrogen-bond acceptors (Lipinski definition) is 5. The Balaban J connectivity index is 2.03. The average Bonchev–Trinajstić information content (AvgIpc) is 2.61. The van der Waals surface area contributed by atoms with Crippen molar-refractivity contribution in [3.05, 3.63) is 48.0 Å². The second kappa shape index (κ2) is 8.41. The van der Waals surface area contributed by atoms with E-state index in [-0.39, 0.29) is 17.3 Å². The second-order valence-corrected chi connectivity index (χ2v) is 8.73. The van der Waals surface area contributed by atoms with Crippen molar-refractivity contribution < 1.29 is 13.2 Å². The quantitative estimate of drug-likeness (QED) is 0.759. The molecule has 2 N–H and O–H groups in total. The first-order valence-electron chi connectivity index (χ1n) is 8.45. The van der Waals surface area contributed by atoms with Crippen LogP contribution < -0.4 is 15.5 Å². The molecule has 0 unspecified atom stereocenters. The van der Waals surface area contributed by atoms with Gasteiger partial charge in [0.05, 0.1) is 11.4 Å². The zero-order chi connectivity index (χ0) is 20.2. The molecule has 0 saturated heterocycles. The van der Waals surface area contributed by atoms with Gasteiger partial charge < -0.3 is 15.5 Å². The van der Waals surface area contributed by atoms with Gasteiger partial charge in [-0.3, -0.25) is 4.79 Å². The summed E-state index contributed by atoms with van der Waals surface area (Å²) in [5, 5.41) is 5.78. The maximum atomic E-state index is 12.4. The molecule has 7 nitrogen and oxygen atoms in total. The lowest BCUT2D eigenvalue weighted by atomic mass is 10.2. The highest BCUT2D eigenvalue weighted by molar-refractivity contribution is 7.89. The van der Waals surface area contributed by atoms with Gasteiger partial charge in [0.2, 0.25) is 15.9 Å². The Bertz CT molecular complexity index is 907. The molecule has 0 radical (unpaired) electrons. The molecule has 0 atom stereocenters. The number of carbonyl (C=O) groups is 1. The van der Waals surface area contributed by atoms with Gasteiger partial charge in [0.1, 0.15) is 0 Å². The van der Waals surface area contributed by atoms with Crippen LogP contribution in [0.25, 0.3) is 0 Å². The third-order valence-electron chi connectivity index (χ3n) is 4.07. The third kappa shape index (κ3) is 5.21. The van der Waals surface area contributed by atoms with E-state index >= 15 is 0 Å². The van der Waals surface area contributed by atoms with Crippen molar-refractivity contribution in [2.45, 2.75) is 11.8 Å². The minimum Gasteiger partial charge on any atom is -0.378 e. The van der Waals surface area contributed by atoms with Crippen molar-refractivity contribution in [3.63, 3.8) is 0 Å². The number of nitrogens with one attached hydrogen (secondary N) is 2.